The summed E-state index contributed by atoms with van der Waals surface area (Å²) in [5.74, 6) is -0.239. The predicted molar refractivity (Wildman–Crippen MR) is 71.8 cm³/mol. The standard InChI is InChI=1S/C12H17BrN2O2/c1-7(16)12(2,3)15-11(17)8-4-5-10(14)9(13)6-8/h4-7,16H,14H2,1-3H3,(H,15,17). The lowest BCUT2D eigenvalue weighted by Gasteiger charge is -2.29. The summed E-state index contributed by atoms with van der Waals surface area (Å²) in [7, 11) is 0. The van der Waals surface area contributed by atoms with Gasteiger partial charge in [-0.1, -0.05) is 0 Å². The Morgan fingerprint density at radius 2 is 2.12 bits per heavy atom. The quantitative estimate of drug-likeness (QED) is 0.747. The summed E-state index contributed by atoms with van der Waals surface area (Å²) in [5.41, 5.74) is 6.05. The number of benzene rings is 1. The molecular weight excluding hydrogens is 284 g/mol. The van der Waals surface area contributed by atoms with Crippen molar-refractivity contribution >= 4 is 27.5 Å². The SMILES string of the molecule is CC(O)C(C)(C)NC(=O)c1ccc(N)c(Br)c1. The van der Waals surface area contributed by atoms with Gasteiger partial charge in [0.2, 0.25) is 0 Å². The zero-order valence-corrected chi connectivity index (χ0v) is 11.7. The van der Waals surface area contributed by atoms with E-state index in [-0.39, 0.29) is 5.91 Å². The average Bonchev–Trinajstić information content (AvgIpc) is 2.21. The summed E-state index contributed by atoms with van der Waals surface area (Å²) >= 11 is 3.27. The van der Waals surface area contributed by atoms with Crippen LogP contribution < -0.4 is 11.1 Å². The average molecular weight is 301 g/mol. The molecule has 1 aromatic carbocycles. The van der Waals surface area contributed by atoms with Crippen LogP contribution in [0.25, 0.3) is 0 Å². The van der Waals surface area contributed by atoms with Crippen LogP contribution in [0.1, 0.15) is 31.1 Å². The first-order valence-electron chi connectivity index (χ1n) is 5.29. The highest BCUT2D eigenvalue weighted by molar-refractivity contribution is 9.10. The number of amides is 1. The number of nitrogen functional groups attached to an aromatic ring is 1. The van der Waals surface area contributed by atoms with E-state index in [1.165, 1.54) is 0 Å². The van der Waals surface area contributed by atoms with Gasteiger partial charge in [-0.3, -0.25) is 4.79 Å². The van der Waals surface area contributed by atoms with Gasteiger partial charge in [0.15, 0.2) is 0 Å². The number of hydrogen-bond donors (Lipinski definition) is 3. The zero-order chi connectivity index (χ0) is 13.2. The van der Waals surface area contributed by atoms with Crippen molar-refractivity contribution in [3.8, 4) is 0 Å². The van der Waals surface area contributed by atoms with Crippen molar-refractivity contribution < 1.29 is 9.90 Å². The van der Waals surface area contributed by atoms with Crippen LogP contribution in [-0.4, -0.2) is 22.7 Å². The van der Waals surface area contributed by atoms with Gasteiger partial charge in [-0.05, 0) is 54.9 Å². The Morgan fingerprint density at radius 1 is 1.53 bits per heavy atom. The van der Waals surface area contributed by atoms with E-state index in [0.717, 1.165) is 0 Å². The normalized spacial score (nSPS) is 13.2. The molecule has 0 spiro atoms. The number of hydrogen-bond acceptors (Lipinski definition) is 3. The largest absolute Gasteiger partial charge is 0.398 e. The second kappa shape index (κ2) is 5.06. The van der Waals surface area contributed by atoms with Crippen LogP contribution in [0.15, 0.2) is 22.7 Å². The Kier molecular flexibility index (Phi) is 4.16. The maximum atomic E-state index is 11.9. The molecule has 1 aromatic rings. The van der Waals surface area contributed by atoms with Crippen molar-refractivity contribution in [2.24, 2.45) is 0 Å². The van der Waals surface area contributed by atoms with Gasteiger partial charge in [-0.15, -0.1) is 0 Å². The molecule has 17 heavy (non-hydrogen) atoms. The Balaban J connectivity index is 2.87. The molecule has 1 amide bonds. The predicted octanol–water partition coefficient (Wildman–Crippen LogP) is 1.92. The van der Waals surface area contributed by atoms with E-state index in [2.05, 4.69) is 21.2 Å². The van der Waals surface area contributed by atoms with Crippen molar-refractivity contribution in [3.63, 3.8) is 0 Å². The molecule has 1 atom stereocenters. The van der Waals surface area contributed by atoms with E-state index in [1.54, 1.807) is 39.0 Å². The van der Waals surface area contributed by atoms with Crippen LogP contribution in [0.2, 0.25) is 0 Å². The smallest absolute Gasteiger partial charge is 0.251 e. The number of aliphatic hydroxyl groups excluding tert-OH is 1. The summed E-state index contributed by atoms with van der Waals surface area (Å²) in [6.45, 7) is 5.17. The topological polar surface area (TPSA) is 75.3 Å². The molecule has 0 aliphatic carbocycles. The first-order valence-corrected chi connectivity index (χ1v) is 6.09. The second-order valence-corrected chi connectivity index (χ2v) is 5.44. The summed E-state index contributed by atoms with van der Waals surface area (Å²) < 4.78 is 0.681. The Morgan fingerprint density at radius 3 is 2.59 bits per heavy atom. The molecule has 1 unspecified atom stereocenters. The van der Waals surface area contributed by atoms with Gasteiger partial charge in [-0.2, -0.15) is 0 Å². The summed E-state index contributed by atoms with van der Waals surface area (Å²) in [5, 5.41) is 12.3. The van der Waals surface area contributed by atoms with Crippen LogP contribution in [0.4, 0.5) is 5.69 Å². The molecule has 1 rings (SSSR count). The van der Waals surface area contributed by atoms with Crippen LogP contribution in [0.3, 0.4) is 0 Å². The molecule has 4 N–H and O–H groups in total. The van der Waals surface area contributed by atoms with Gasteiger partial charge in [0.05, 0.1) is 11.6 Å². The van der Waals surface area contributed by atoms with Crippen molar-refractivity contribution in [1.29, 1.82) is 0 Å². The zero-order valence-electron chi connectivity index (χ0n) is 10.1. The molecule has 0 heterocycles. The van der Waals surface area contributed by atoms with E-state index in [9.17, 15) is 9.90 Å². The van der Waals surface area contributed by atoms with Crippen molar-refractivity contribution in [2.45, 2.75) is 32.4 Å². The first-order chi connectivity index (χ1) is 7.74. The maximum absolute atomic E-state index is 11.9. The number of halogens is 1. The molecule has 0 aliphatic heterocycles. The number of carbonyl (C=O) groups is 1. The maximum Gasteiger partial charge on any atom is 0.251 e. The minimum absolute atomic E-state index is 0.239. The molecule has 0 radical (unpaired) electrons. The fourth-order valence-electron chi connectivity index (χ4n) is 1.14. The molecule has 4 nitrogen and oxygen atoms in total. The Labute approximate surface area is 109 Å². The molecule has 94 valence electrons. The lowest BCUT2D eigenvalue weighted by atomic mass is 9.98. The highest BCUT2D eigenvalue weighted by Gasteiger charge is 2.26. The molecule has 0 aliphatic rings. The molecule has 0 aromatic heterocycles. The van der Waals surface area contributed by atoms with Crippen LogP contribution >= 0.6 is 15.9 Å². The van der Waals surface area contributed by atoms with Gasteiger partial charge in [0.25, 0.3) is 5.91 Å². The summed E-state index contributed by atoms with van der Waals surface area (Å²) in [4.78, 5) is 11.9. The van der Waals surface area contributed by atoms with Crippen LogP contribution in [-0.2, 0) is 0 Å². The Hall–Kier alpha value is -1.07. The van der Waals surface area contributed by atoms with Crippen molar-refractivity contribution in [3.05, 3.63) is 28.2 Å². The van der Waals surface area contributed by atoms with Gasteiger partial charge in [0, 0.05) is 15.7 Å². The molecule has 0 saturated carbocycles. The molecular formula is C12H17BrN2O2. The molecule has 0 fully saturated rings. The monoisotopic (exact) mass is 300 g/mol. The van der Waals surface area contributed by atoms with E-state index in [4.69, 9.17) is 5.73 Å². The second-order valence-electron chi connectivity index (χ2n) is 4.59. The summed E-state index contributed by atoms with van der Waals surface area (Å²) in [6.07, 6.45) is -0.635. The third-order valence-corrected chi connectivity index (χ3v) is 3.43. The van der Waals surface area contributed by atoms with E-state index >= 15 is 0 Å². The number of carbonyl (C=O) groups excluding carboxylic acids is 1. The third-order valence-electron chi connectivity index (χ3n) is 2.74. The van der Waals surface area contributed by atoms with Crippen LogP contribution in [0, 0.1) is 0 Å². The van der Waals surface area contributed by atoms with Crippen LogP contribution in [0.5, 0.6) is 0 Å². The van der Waals surface area contributed by atoms with E-state index in [1.807, 2.05) is 0 Å². The number of nitrogens with one attached hydrogen (secondary N) is 1. The fourth-order valence-corrected chi connectivity index (χ4v) is 1.52. The lowest BCUT2D eigenvalue weighted by Crippen LogP contribution is -2.50. The van der Waals surface area contributed by atoms with Crippen molar-refractivity contribution in [1.82, 2.24) is 5.32 Å². The lowest BCUT2D eigenvalue weighted by molar-refractivity contribution is 0.0709. The van der Waals surface area contributed by atoms with Gasteiger partial charge in [-0.25, -0.2) is 0 Å². The highest BCUT2D eigenvalue weighted by atomic mass is 79.9. The summed E-state index contributed by atoms with van der Waals surface area (Å²) in [6, 6.07) is 4.96. The van der Waals surface area contributed by atoms with Gasteiger partial charge >= 0.3 is 0 Å². The number of anilines is 1. The van der Waals surface area contributed by atoms with E-state index in [0.29, 0.717) is 15.7 Å². The first kappa shape index (κ1) is 14.0. The molecule has 0 saturated heterocycles. The number of rotatable bonds is 3. The third kappa shape index (κ3) is 3.44. The van der Waals surface area contributed by atoms with Gasteiger partial charge < -0.3 is 16.2 Å². The number of nitrogens with two attached hydrogens (primary N) is 1. The van der Waals surface area contributed by atoms with Crippen molar-refractivity contribution in [2.75, 3.05) is 5.73 Å². The highest BCUT2D eigenvalue weighted by Crippen LogP contribution is 2.21. The van der Waals surface area contributed by atoms with E-state index < -0.39 is 11.6 Å². The number of aliphatic hydroxyl groups is 1. The Bertz CT molecular complexity index is 431. The van der Waals surface area contributed by atoms with Gasteiger partial charge in [0.1, 0.15) is 0 Å². The minimum atomic E-state index is -0.676. The fraction of sp³-hybridized carbons (Fsp3) is 0.417. The molecule has 0 bridgehead atoms. The molecule has 5 heteroatoms. The minimum Gasteiger partial charge on any atom is -0.398 e.